The smallest absolute Gasteiger partial charge is 0.266 e. The summed E-state index contributed by atoms with van der Waals surface area (Å²) in [5, 5.41) is 7.68. The van der Waals surface area contributed by atoms with Gasteiger partial charge in [-0.1, -0.05) is 22.9 Å². The maximum Gasteiger partial charge on any atom is 0.287 e. The van der Waals surface area contributed by atoms with Crippen LogP contribution in [0.25, 0.3) is 5.69 Å². The van der Waals surface area contributed by atoms with Crippen molar-refractivity contribution in [3.8, 4) is 5.69 Å². The van der Waals surface area contributed by atoms with E-state index in [1.165, 1.54) is 10.9 Å². The monoisotopic (exact) mass is 412 g/mol. The molecule has 0 saturated heterocycles. The molecule has 1 N–H and O–H groups in total. The van der Waals surface area contributed by atoms with E-state index < -0.39 is 32.5 Å². The number of halogens is 3. The largest absolute Gasteiger partial charge is 0.287 e. The van der Waals surface area contributed by atoms with Crippen LogP contribution in [-0.2, 0) is 10.0 Å². The Morgan fingerprint density at radius 2 is 1.93 bits per heavy atom. The minimum absolute atomic E-state index is 0.335. The van der Waals surface area contributed by atoms with Crippen LogP contribution in [0.5, 0.6) is 0 Å². The molecule has 0 spiro atoms. The zero-order chi connectivity index (χ0) is 19.8. The first kappa shape index (κ1) is 18.9. The summed E-state index contributed by atoms with van der Waals surface area (Å²) >= 11 is 6.11. The van der Waals surface area contributed by atoms with E-state index in [2.05, 4.69) is 10.3 Å². The number of carbonyl (C=O) groups is 1. The molecule has 0 bridgehead atoms. The van der Waals surface area contributed by atoms with Gasteiger partial charge in [-0.15, -0.1) is 5.10 Å². The van der Waals surface area contributed by atoms with Crippen LogP contribution in [0.2, 0.25) is 5.02 Å². The Balaban J connectivity index is 1.86. The first-order valence-corrected chi connectivity index (χ1v) is 9.24. The van der Waals surface area contributed by atoms with Crippen LogP contribution in [0.15, 0.2) is 47.5 Å². The number of sulfonamides is 1. The second-order valence-electron chi connectivity index (χ2n) is 5.51. The summed E-state index contributed by atoms with van der Waals surface area (Å²) in [4.78, 5) is 11.3. The van der Waals surface area contributed by atoms with Gasteiger partial charge >= 0.3 is 0 Å². The van der Waals surface area contributed by atoms with E-state index in [4.69, 9.17) is 11.6 Å². The Labute approximate surface area is 157 Å². The van der Waals surface area contributed by atoms with Crippen molar-refractivity contribution in [3.05, 3.63) is 70.5 Å². The van der Waals surface area contributed by atoms with Crippen molar-refractivity contribution in [2.24, 2.45) is 0 Å². The number of carbonyl (C=O) groups excluding carboxylic acids is 1. The van der Waals surface area contributed by atoms with Crippen molar-refractivity contribution >= 4 is 27.5 Å². The summed E-state index contributed by atoms with van der Waals surface area (Å²) in [6.45, 7) is 1.84. The number of aromatic nitrogens is 3. The van der Waals surface area contributed by atoms with Crippen molar-refractivity contribution < 1.29 is 22.0 Å². The van der Waals surface area contributed by atoms with E-state index in [-0.39, 0.29) is 5.69 Å². The lowest BCUT2D eigenvalue weighted by atomic mass is 10.2. The minimum atomic E-state index is -4.57. The van der Waals surface area contributed by atoms with Gasteiger partial charge < -0.3 is 0 Å². The fourth-order valence-corrected chi connectivity index (χ4v) is 3.55. The number of rotatable bonds is 4. The molecule has 11 heteroatoms. The van der Waals surface area contributed by atoms with E-state index in [1.54, 1.807) is 22.9 Å². The Morgan fingerprint density at radius 3 is 2.59 bits per heavy atom. The zero-order valence-electron chi connectivity index (χ0n) is 13.6. The van der Waals surface area contributed by atoms with E-state index in [1.807, 2.05) is 6.92 Å². The van der Waals surface area contributed by atoms with Gasteiger partial charge in [-0.25, -0.2) is 26.6 Å². The normalized spacial score (nSPS) is 11.4. The van der Waals surface area contributed by atoms with Crippen LogP contribution in [0.3, 0.4) is 0 Å². The van der Waals surface area contributed by atoms with E-state index >= 15 is 0 Å². The Bertz CT molecular complexity index is 1150. The van der Waals surface area contributed by atoms with Gasteiger partial charge in [0, 0.05) is 6.07 Å². The summed E-state index contributed by atoms with van der Waals surface area (Å²) in [7, 11) is -4.57. The number of amides is 1. The second kappa shape index (κ2) is 7.05. The van der Waals surface area contributed by atoms with Crippen molar-refractivity contribution in [1.82, 2.24) is 19.7 Å². The molecule has 0 unspecified atom stereocenters. The molecule has 3 aromatic rings. The molecular weight excluding hydrogens is 402 g/mol. The number of nitrogens with zero attached hydrogens (tertiary/aromatic N) is 3. The van der Waals surface area contributed by atoms with E-state index in [0.29, 0.717) is 22.8 Å². The van der Waals surface area contributed by atoms with Gasteiger partial charge in [0.2, 0.25) is 0 Å². The predicted molar refractivity (Wildman–Crippen MR) is 92.1 cm³/mol. The number of nitrogens with one attached hydrogen (secondary N) is 1. The summed E-state index contributed by atoms with van der Waals surface area (Å²) in [5.41, 5.74) is 1.01. The molecule has 1 aromatic heterocycles. The lowest BCUT2D eigenvalue weighted by Gasteiger charge is -2.06. The molecule has 0 saturated carbocycles. The van der Waals surface area contributed by atoms with Crippen LogP contribution in [0, 0.1) is 18.6 Å². The maximum absolute atomic E-state index is 13.7. The average molecular weight is 413 g/mol. The fourth-order valence-electron chi connectivity index (χ4n) is 2.21. The van der Waals surface area contributed by atoms with Gasteiger partial charge in [-0.05, 0) is 36.8 Å². The summed E-state index contributed by atoms with van der Waals surface area (Å²) < 4.78 is 53.8. The molecule has 1 amide bonds. The number of hydrogen-bond acceptors (Lipinski definition) is 5. The molecule has 3 rings (SSSR count). The van der Waals surface area contributed by atoms with Crippen LogP contribution < -0.4 is 4.72 Å². The predicted octanol–water partition coefficient (Wildman–Crippen LogP) is 2.63. The molecule has 0 aliphatic rings. The van der Waals surface area contributed by atoms with Gasteiger partial charge in [0.15, 0.2) is 5.69 Å². The van der Waals surface area contributed by atoms with Crippen molar-refractivity contribution in [1.29, 1.82) is 0 Å². The van der Waals surface area contributed by atoms with Gasteiger partial charge in [-0.2, -0.15) is 0 Å². The fraction of sp³-hybridized carbons (Fsp3) is 0.0625. The van der Waals surface area contributed by atoms with Gasteiger partial charge in [0.25, 0.3) is 15.9 Å². The standard InChI is InChI=1S/C16H11ClF2N4O3S/c1-9-2-4-14(11(17)6-9)23-8-13(20-22-23)16(24)21-27(25,26)15-5-3-10(18)7-12(15)19/h2-8H,1H3,(H,21,24). The molecule has 0 aliphatic heterocycles. The quantitative estimate of drug-likeness (QED) is 0.711. The second-order valence-corrected chi connectivity index (χ2v) is 7.57. The van der Waals surface area contributed by atoms with Crippen LogP contribution in [0.1, 0.15) is 16.1 Å². The molecule has 0 aliphatic carbocycles. The SMILES string of the molecule is Cc1ccc(-n2cc(C(=O)NS(=O)(=O)c3ccc(F)cc3F)nn2)c(Cl)c1. The highest BCUT2D eigenvalue weighted by Gasteiger charge is 2.24. The lowest BCUT2D eigenvalue weighted by molar-refractivity contribution is 0.0976. The molecule has 0 fully saturated rings. The van der Waals surface area contributed by atoms with Crippen molar-refractivity contribution in [3.63, 3.8) is 0 Å². The van der Waals surface area contributed by atoms with Gasteiger partial charge in [0.1, 0.15) is 16.5 Å². The van der Waals surface area contributed by atoms with Crippen molar-refractivity contribution in [2.75, 3.05) is 0 Å². The third kappa shape index (κ3) is 3.96. The van der Waals surface area contributed by atoms with Crippen LogP contribution in [0.4, 0.5) is 8.78 Å². The lowest BCUT2D eigenvalue weighted by Crippen LogP contribution is -2.31. The molecule has 7 nitrogen and oxygen atoms in total. The molecule has 140 valence electrons. The topological polar surface area (TPSA) is 94.0 Å². The highest BCUT2D eigenvalue weighted by Crippen LogP contribution is 2.21. The molecule has 2 aromatic carbocycles. The molecular formula is C16H11ClF2N4O3S. The number of hydrogen-bond donors (Lipinski definition) is 1. The van der Waals surface area contributed by atoms with E-state index in [0.717, 1.165) is 11.6 Å². The number of benzene rings is 2. The molecule has 27 heavy (non-hydrogen) atoms. The van der Waals surface area contributed by atoms with Gasteiger partial charge in [-0.3, -0.25) is 4.79 Å². The summed E-state index contributed by atoms with van der Waals surface area (Å²) in [6.07, 6.45) is 1.17. The first-order chi connectivity index (χ1) is 12.7. The summed E-state index contributed by atoms with van der Waals surface area (Å²) in [5.74, 6) is -3.41. The molecule has 0 atom stereocenters. The zero-order valence-corrected chi connectivity index (χ0v) is 15.2. The highest BCUT2D eigenvalue weighted by molar-refractivity contribution is 7.90. The third-order valence-corrected chi connectivity index (χ3v) is 5.15. The highest BCUT2D eigenvalue weighted by atomic mass is 35.5. The average Bonchev–Trinajstić information content (AvgIpc) is 3.03. The molecule has 0 radical (unpaired) electrons. The van der Waals surface area contributed by atoms with Gasteiger partial charge in [0.05, 0.1) is 16.9 Å². The van der Waals surface area contributed by atoms with E-state index in [9.17, 15) is 22.0 Å². The number of aryl methyl sites for hydroxylation is 1. The maximum atomic E-state index is 13.7. The Kier molecular flexibility index (Phi) is 4.94. The van der Waals surface area contributed by atoms with Crippen molar-refractivity contribution in [2.45, 2.75) is 11.8 Å². The molecule has 1 heterocycles. The summed E-state index contributed by atoms with van der Waals surface area (Å²) in [6, 6.07) is 6.97. The Hall–Kier alpha value is -2.85. The third-order valence-electron chi connectivity index (χ3n) is 3.49. The minimum Gasteiger partial charge on any atom is -0.266 e. The van der Waals surface area contributed by atoms with Crippen LogP contribution >= 0.6 is 11.6 Å². The van der Waals surface area contributed by atoms with Crippen LogP contribution in [-0.4, -0.2) is 29.3 Å². The Morgan fingerprint density at radius 1 is 1.19 bits per heavy atom. The first-order valence-electron chi connectivity index (χ1n) is 7.38.